The van der Waals surface area contributed by atoms with Gasteiger partial charge in [0.2, 0.25) is 11.8 Å². The lowest BCUT2D eigenvalue weighted by molar-refractivity contribution is -0.143. The molecule has 0 saturated heterocycles. The van der Waals surface area contributed by atoms with Gasteiger partial charge in [-0.05, 0) is 73.7 Å². The van der Waals surface area contributed by atoms with E-state index in [1.54, 1.807) is 50.4 Å². The highest BCUT2D eigenvalue weighted by Crippen LogP contribution is 2.43. The van der Waals surface area contributed by atoms with Gasteiger partial charge in [0.25, 0.3) is 11.8 Å². The van der Waals surface area contributed by atoms with Crippen LogP contribution in [0.15, 0.2) is 66.9 Å². The minimum atomic E-state index is -1.19. The normalized spacial score (nSPS) is 20.6. The van der Waals surface area contributed by atoms with Crippen LogP contribution >= 0.6 is 0 Å². The molecule has 12 nitrogen and oxygen atoms in total. The van der Waals surface area contributed by atoms with Gasteiger partial charge in [-0.25, -0.2) is 0 Å². The lowest BCUT2D eigenvalue weighted by atomic mass is 9.77. The van der Waals surface area contributed by atoms with E-state index in [9.17, 15) is 19.2 Å². The van der Waals surface area contributed by atoms with E-state index in [2.05, 4.69) is 15.6 Å². The minimum absolute atomic E-state index is 0.0766. The number of carbonyl (C=O) groups excluding carboxylic acids is 4. The van der Waals surface area contributed by atoms with Crippen LogP contribution in [0.25, 0.3) is 0 Å². The Bertz CT molecular complexity index is 1710. The van der Waals surface area contributed by atoms with Crippen LogP contribution in [-0.4, -0.2) is 97.5 Å². The first-order chi connectivity index (χ1) is 24.9. The van der Waals surface area contributed by atoms with Crippen LogP contribution in [0, 0.1) is 5.92 Å². The van der Waals surface area contributed by atoms with Crippen LogP contribution in [-0.2, 0) is 26.2 Å². The van der Waals surface area contributed by atoms with Crippen molar-refractivity contribution in [1.29, 1.82) is 0 Å². The molecule has 3 atom stereocenters. The number of pyridine rings is 1. The summed E-state index contributed by atoms with van der Waals surface area (Å²) >= 11 is 0. The summed E-state index contributed by atoms with van der Waals surface area (Å²) in [5, 5.41) is 6.08. The van der Waals surface area contributed by atoms with Gasteiger partial charge in [-0.3, -0.25) is 24.2 Å². The van der Waals surface area contributed by atoms with E-state index < -0.39 is 29.5 Å². The van der Waals surface area contributed by atoms with E-state index in [1.807, 2.05) is 56.3 Å². The van der Waals surface area contributed by atoms with Gasteiger partial charge >= 0.3 is 0 Å². The fourth-order valence-corrected chi connectivity index (χ4v) is 7.07. The number of hydrogen-bond donors (Lipinski definition) is 2. The molecule has 0 unspecified atom stereocenters. The Morgan fingerprint density at radius 2 is 1.75 bits per heavy atom. The molecule has 2 aromatic carbocycles. The zero-order valence-corrected chi connectivity index (χ0v) is 31.0. The Balaban J connectivity index is 1.51. The highest BCUT2D eigenvalue weighted by atomic mass is 16.5. The number of amides is 4. The lowest BCUT2D eigenvalue weighted by Gasteiger charge is -2.38. The van der Waals surface area contributed by atoms with Gasteiger partial charge in [0.05, 0.1) is 32.2 Å². The smallest absolute Gasteiger partial charge is 0.265 e. The van der Waals surface area contributed by atoms with Crippen LogP contribution in [0.5, 0.6) is 17.2 Å². The number of fused-ring (bicyclic) bond motifs is 2. The number of nitrogens with one attached hydrogen (secondary N) is 2. The number of likely N-dealkylation sites (N-methyl/N-ethyl adjacent to an activating group) is 1. The van der Waals surface area contributed by atoms with Crippen molar-refractivity contribution in [2.75, 3.05) is 40.9 Å². The highest BCUT2D eigenvalue weighted by molar-refractivity contribution is 5.96. The van der Waals surface area contributed by atoms with Gasteiger partial charge in [-0.15, -0.1) is 0 Å². The Hall–Kier alpha value is -5.13. The van der Waals surface area contributed by atoms with Gasteiger partial charge in [-0.2, -0.15) is 0 Å². The summed E-state index contributed by atoms with van der Waals surface area (Å²) in [7, 11) is 4.75. The molecule has 1 fully saturated rings. The van der Waals surface area contributed by atoms with E-state index in [4.69, 9.17) is 14.2 Å². The van der Waals surface area contributed by atoms with E-state index >= 15 is 0 Å². The number of rotatable bonds is 9. The van der Waals surface area contributed by atoms with Crippen molar-refractivity contribution in [2.24, 2.45) is 5.92 Å². The van der Waals surface area contributed by atoms with E-state index in [1.165, 1.54) is 12.0 Å². The molecule has 3 aromatic rings. The fraction of sp³-hybridized carbons (Fsp3) is 0.475. The summed E-state index contributed by atoms with van der Waals surface area (Å²) in [6, 6.07) is 16.6. The first kappa shape index (κ1) is 38.1. The topological polar surface area (TPSA) is 139 Å². The first-order valence-corrected chi connectivity index (χ1v) is 18.0. The molecule has 12 heteroatoms. The second kappa shape index (κ2) is 16.9. The Morgan fingerprint density at radius 3 is 2.38 bits per heavy atom. The van der Waals surface area contributed by atoms with Gasteiger partial charge < -0.3 is 34.6 Å². The average molecular weight is 714 g/mol. The second-order valence-electron chi connectivity index (χ2n) is 14.1. The van der Waals surface area contributed by atoms with Crippen LogP contribution < -0.4 is 24.8 Å². The Morgan fingerprint density at radius 1 is 1.02 bits per heavy atom. The fourth-order valence-electron chi connectivity index (χ4n) is 7.07. The Kier molecular flexibility index (Phi) is 12.4. The number of carbonyl (C=O) groups is 4. The largest absolute Gasteiger partial charge is 0.497 e. The van der Waals surface area contributed by atoms with Gasteiger partial charge in [0.1, 0.15) is 5.75 Å². The number of ether oxygens (including phenoxy) is 3. The molecule has 2 N–H and O–H groups in total. The first-order valence-electron chi connectivity index (χ1n) is 18.0. The number of methoxy groups -OCH3 is 2. The SMILES string of the molecule is COc1ccc(C2(C(=O)N3CC(=O)N[C@@H](C)[C@H](C(=O)N(C)CCc4ccccn4)Oc4cc(ccc4OC)C(=O)N[C@@H](C(C)C)C3)CCCC2)cc1. The summed E-state index contributed by atoms with van der Waals surface area (Å²) in [6.45, 7) is 5.82. The highest BCUT2D eigenvalue weighted by Gasteiger charge is 2.46. The zero-order valence-electron chi connectivity index (χ0n) is 31.0. The number of hydrogen-bond acceptors (Lipinski definition) is 8. The third-order valence-corrected chi connectivity index (χ3v) is 10.2. The number of benzene rings is 2. The maximum atomic E-state index is 14.9. The predicted molar refractivity (Wildman–Crippen MR) is 196 cm³/mol. The molecule has 0 spiro atoms. The molecular weight excluding hydrogens is 662 g/mol. The zero-order chi connectivity index (χ0) is 37.4. The molecule has 1 aromatic heterocycles. The molecule has 2 heterocycles. The Labute approximate surface area is 306 Å². The lowest BCUT2D eigenvalue weighted by Crippen LogP contribution is -2.57. The van der Waals surface area contributed by atoms with Crippen molar-refractivity contribution in [3.8, 4) is 17.2 Å². The molecule has 0 radical (unpaired) electrons. The predicted octanol–water partition coefficient (Wildman–Crippen LogP) is 4.16. The molecule has 278 valence electrons. The van der Waals surface area contributed by atoms with Crippen LogP contribution in [0.4, 0.5) is 0 Å². The standard InChI is InChI=1S/C40H51N5O7/c1-26(2)32-24-45(39(49)40(19-8-9-20-40)29-13-15-31(50-5)16-14-29)25-35(46)42-27(3)36(38(48)44(4)22-18-30-11-7-10-21-41-30)52-34-23-28(37(47)43-32)12-17-33(34)51-6/h7,10-17,21,23,26-27,32,36H,8-9,18-20,22,24-25H2,1-6H3,(H,42,46)(H,43,47)/t27-,32+,36+/m0/s1. The molecule has 1 aliphatic heterocycles. The molecule has 52 heavy (non-hydrogen) atoms. The molecule has 2 aliphatic rings. The number of nitrogens with zero attached hydrogens (tertiary/aromatic N) is 3. The number of aromatic nitrogens is 1. The summed E-state index contributed by atoms with van der Waals surface area (Å²) in [6.07, 6.45) is 4.03. The molecule has 1 saturated carbocycles. The van der Waals surface area contributed by atoms with E-state index in [0.29, 0.717) is 42.9 Å². The van der Waals surface area contributed by atoms with Crippen LogP contribution in [0.1, 0.15) is 68.1 Å². The monoisotopic (exact) mass is 713 g/mol. The van der Waals surface area contributed by atoms with Gasteiger partial charge in [0, 0.05) is 50.1 Å². The van der Waals surface area contributed by atoms with Crippen molar-refractivity contribution in [1.82, 2.24) is 25.4 Å². The van der Waals surface area contributed by atoms with Gasteiger partial charge in [0.15, 0.2) is 17.6 Å². The maximum Gasteiger partial charge on any atom is 0.265 e. The quantitative estimate of drug-likeness (QED) is 0.337. The average Bonchev–Trinajstić information content (AvgIpc) is 3.66. The third-order valence-electron chi connectivity index (χ3n) is 10.2. The van der Waals surface area contributed by atoms with Crippen LogP contribution in [0.2, 0.25) is 0 Å². The van der Waals surface area contributed by atoms with Crippen molar-refractivity contribution in [3.05, 3.63) is 83.7 Å². The molecule has 5 rings (SSSR count). The molecular formula is C40H51N5O7. The summed E-state index contributed by atoms with van der Waals surface area (Å²) in [5.74, 6) is -0.262. The minimum Gasteiger partial charge on any atom is -0.497 e. The summed E-state index contributed by atoms with van der Waals surface area (Å²) < 4.78 is 17.3. The van der Waals surface area contributed by atoms with Crippen LogP contribution in [0.3, 0.4) is 0 Å². The van der Waals surface area contributed by atoms with E-state index in [-0.39, 0.29) is 42.5 Å². The van der Waals surface area contributed by atoms with Crippen molar-refractivity contribution >= 4 is 23.6 Å². The maximum absolute atomic E-state index is 14.9. The summed E-state index contributed by atoms with van der Waals surface area (Å²) in [4.78, 5) is 64.2. The van der Waals surface area contributed by atoms with Crippen molar-refractivity contribution < 1.29 is 33.4 Å². The van der Waals surface area contributed by atoms with E-state index in [0.717, 1.165) is 24.1 Å². The third kappa shape index (κ3) is 8.66. The second-order valence-corrected chi connectivity index (χ2v) is 14.1. The summed E-state index contributed by atoms with van der Waals surface area (Å²) in [5.41, 5.74) is 1.16. The van der Waals surface area contributed by atoms with Gasteiger partial charge in [-0.1, -0.05) is 44.9 Å². The van der Waals surface area contributed by atoms with Crippen molar-refractivity contribution in [3.63, 3.8) is 0 Å². The molecule has 2 bridgehead atoms. The molecule has 1 aliphatic carbocycles. The van der Waals surface area contributed by atoms with Crippen molar-refractivity contribution in [2.45, 2.75) is 76.5 Å². The molecule has 4 amide bonds.